The molecule has 23 rings (SSSR count). The van der Waals surface area contributed by atoms with Crippen LogP contribution in [0.3, 0.4) is 0 Å². The van der Waals surface area contributed by atoms with Crippen LogP contribution < -0.4 is 9.80 Å². The lowest BCUT2D eigenvalue weighted by Crippen LogP contribution is -2.17. The number of nitrogens with zero attached hydrogens (tertiary/aromatic N) is 2. The van der Waals surface area contributed by atoms with Gasteiger partial charge in [0.05, 0.1) is 17.1 Å². The second-order valence-corrected chi connectivity index (χ2v) is 35.8. The maximum Gasteiger partial charge on any atom is 0.0540 e. The van der Waals surface area contributed by atoms with E-state index < -0.39 is 0 Å². The van der Waals surface area contributed by atoms with E-state index in [0.29, 0.717) is 0 Å². The highest BCUT2D eigenvalue weighted by atomic mass is 15.2. The predicted molar refractivity (Wildman–Crippen MR) is 509 cm³/mol. The van der Waals surface area contributed by atoms with E-state index in [4.69, 9.17) is 0 Å². The zero-order chi connectivity index (χ0) is 80.7. The maximum absolute atomic E-state index is 2.53. The second-order valence-electron chi connectivity index (χ2n) is 35.8. The van der Waals surface area contributed by atoms with Crippen LogP contribution in [0.25, 0.3) is 154 Å². The molecule has 0 unspecified atom stereocenters. The average molecular weight is 1530 g/mol. The number of rotatable bonds is 12. The Labute approximate surface area is 703 Å². The minimum atomic E-state index is -0.338. The molecule has 0 bridgehead atoms. The van der Waals surface area contributed by atoms with Crippen molar-refractivity contribution >= 4 is 77.2 Å². The summed E-state index contributed by atoms with van der Waals surface area (Å²) in [6.45, 7) is 19.1. The van der Waals surface area contributed by atoms with E-state index >= 15 is 0 Å². The molecular formula is C118H88N2. The molecule has 0 atom stereocenters. The summed E-state index contributed by atoms with van der Waals surface area (Å²) >= 11 is 0. The monoisotopic (exact) mass is 1530 g/mol. The molecule has 0 fully saturated rings. The fraction of sp³-hybridized carbons (Fsp3) is 0.102. The van der Waals surface area contributed by atoms with Gasteiger partial charge >= 0.3 is 0 Å². The molecule has 0 heterocycles. The minimum Gasteiger partial charge on any atom is -0.310 e. The number of benzene rings is 19. The number of fused-ring (bicyclic) bond motifs is 18. The summed E-state index contributed by atoms with van der Waals surface area (Å²) in [5, 5.41) is 9.93. The number of hydrogen-bond acceptors (Lipinski definition) is 2. The first kappa shape index (κ1) is 71.2. The molecule has 0 aliphatic heterocycles. The maximum atomic E-state index is 2.53. The van der Waals surface area contributed by atoms with Crippen molar-refractivity contribution in [3.05, 3.63) is 433 Å². The molecule has 0 N–H and O–H groups in total. The van der Waals surface area contributed by atoms with Crippen LogP contribution in [-0.4, -0.2) is 0 Å². The Morgan fingerprint density at radius 1 is 0.158 bits per heavy atom. The molecule has 570 valence electrons. The van der Waals surface area contributed by atoms with Gasteiger partial charge in [-0.25, -0.2) is 0 Å². The Kier molecular flexibility index (Phi) is 15.8. The van der Waals surface area contributed by atoms with Crippen molar-refractivity contribution in [1.29, 1.82) is 0 Å². The van der Waals surface area contributed by atoms with Crippen LogP contribution in [0, 0.1) is 0 Å². The van der Waals surface area contributed by atoms with Gasteiger partial charge in [-0.1, -0.05) is 359 Å². The molecule has 0 aromatic heterocycles. The van der Waals surface area contributed by atoms with Crippen molar-refractivity contribution in [3.63, 3.8) is 0 Å². The molecule has 0 saturated carbocycles. The lowest BCUT2D eigenvalue weighted by Gasteiger charge is -2.31. The molecule has 4 aliphatic carbocycles. The Hall–Kier alpha value is -14.2. The van der Waals surface area contributed by atoms with Gasteiger partial charge in [0.25, 0.3) is 0 Å². The largest absolute Gasteiger partial charge is 0.310 e. The first-order valence-electron chi connectivity index (χ1n) is 42.5. The minimum absolute atomic E-state index is 0.145. The molecular weight excluding hydrogens is 1450 g/mol. The van der Waals surface area contributed by atoms with Gasteiger partial charge in [-0.15, -0.1) is 0 Å². The molecule has 19 aromatic carbocycles. The topological polar surface area (TPSA) is 6.48 Å². The Morgan fingerprint density at radius 3 is 1.04 bits per heavy atom. The molecule has 4 aliphatic rings. The predicted octanol–water partition coefficient (Wildman–Crippen LogP) is 32.5. The van der Waals surface area contributed by atoms with E-state index in [2.05, 4.69) is 453 Å². The van der Waals surface area contributed by atoms with Crippen molar-refractivity contribution in [2.75, 3.05) is 9.80 Å². The molecule has 2 nitrogen and oxygen atoms in total. The van der Waals surface area contributed by atoms with Crippen LogP contribution >= 0.6 is 0 Å². The molecule has 0 amide bonds. The van der Waals surface area contributed by atoms with E-state index in [1.165, 1.54) is 193 Å². The Bertz CT molecular complexity index is 7530. The van der Waals surface area contributed by atoms with Gasteiger partial charge in [0.1, 0.15) is 0 Å². The van der Waals surface area contributed by atoms with Crippen LogP contribution in [0.2, 0.25) is 0 Å². The molecule has 2 heteroatoms. The molecule has 0 saturated heterocycles. The molecule has 0 radical (unpaired) electrons. The summed E-state index contributed by atoms with van der Waals surface area (Å²) in [4.78, 5) is 5.05. The second kappa shape index (κ2) is 26.7. The summed E-state index contributed by atoms with van der Waals surface area (Å²) in [5.74, 6) is 0. The van der Waals surface area contributed by atoms with Crippen molar-refractivity contribution in [2.24, 2.45) is 0 Å². The van der Waals surface area contributed by atoms with E-state index in [1.807, 2.05) is 0 Å². The Morgan fingerprint density at radius 2 is 0.483 bits per heavy atom. The fourth-order valence-electron chi connectivity index (χ4n) is 21.8. The summed E-state index contributed by atoms with van der Waals surface area (Å²) in [6, 6.07) is 147. The zero-order valence-corrected chi connectivity index (χ0v) is 68.8. The number of anilines is 6. The van der Waals surface area contributed by atoms with E-state index in [9.17, 15) is 0 Å². The zero-order valence-electron chi connectivity index (χ0n) is 68.8. The van der Waals surface area contributed by atoms with Crippen molar-refractivity contribution in [3.8, 4) is 111 Å². The SMILES string of the molecule is CC1(C)c2ccccc2-c2ccc(-c3ccccc3N(c3ccc(-c4cc5ccc(-c6ccc7c(c6)C(C)(C)c6cc(N(c8ccc(-c9cc%10ccccc%10c%10ccccc9%10)cc8)c8ccccc8-c8cccc9c8-c8ccccc8C9(C)C)ccc6-7)cc5c5ccccc45)cc3)c3ccccc3-c3cccc4c3-c3ccccc3C4(C)C)cc21. The third-order valence-corrected chi connectivity index (χ3v) is 27.9. The third-order valence-electron chi connectivity index (χ3n) is 27.9. The quantitative estimate of drug-likeness (QED) is 0.113. The van der Waals surface area contributed by atoms with Gasteiger partial charge in [0.2, 0.25) is 0 Å². The van der Waals surface area contributed by atoms with Crippen molar-refractivity contribution < 1.29 is 0 Å². The number of para-hydroxylation sites is 3. The highest BCUT2D eigenvalue weighted by Crippen LogP contribution is 2.59. The van der Waals surface area contributed by atoms with Crippen LogP contribution in [-0.2, 0) is 21.7 Å². The summed E-state index contributed by atoms with van der Waals surface area (Å²) in [7, 11) is 0. The summed E-state index contributed by atoms with van der Waals surface area (Å²) < 4.78 is 0. The smallest absolute Gasteiger partial charge is 0.0540 e. The standard InChI is InChI=1S/C118H88N2/c1-115(2)103-44-22-16-39-97(103)113-95(41-27-46-105(113)115)93-37-19-25-49-111(93)119(80-59-53-73(54-60-80)99-68-77-29-9-10-30-83(77)85-32-11-12-33-86(85)99)82-63-66-92-91-64-57-76(70-107(91)118(7,8)109(92)72-82)75-51-52-78-69-100(87-34-13-14-35-88(87)101(78)67-75)74-55-61-81(62-56-74)120(110-48-24-18-31-84(110)79-58-65-90-89-36-15-21-43-102(89)117(5,6)108(90)71-79)112-50-26-20-38-94(112)96-42-28-47-106-114(96)98-40-17-23-45-104(98)116(106,3)4/h9-72H,1-8H3. The average Bonchev–Trinajstić information content (AvgIpc) is 1.54. The van der Waals surface area contributed by atoms with Gasteiger partial charge in [0, 0.05) is 55.4 Å². The summed E-state index contributed by atoms with van der Waals surface area (Å²) in [6.07, 6.45) is 0. The lowest BCUT2D eigenvalue weighted by molar-refractivity contribution is 0.660. The lowest BCUT2D eigenvalue weighted by atomic mass is 9.81. The van der Waals surface area contributed by atoms with Gasteiger partial charge < -0.3 is 9.80 Å². The van der Waals surface area contributed by atoms with Crippen LogP contribution in [0.15, 0.2) is 388 Å². The van der Waals surface area contributed by atoms with Crippen molar-refractivity contribution in [2.45, 2.75) is 77.0 Å². The first-order valence-corrected chi connectivity index (χ1v) is 42.5. The van der Waals surface area contributed by atoms with Crippen LogP contribution in [0.5, 0.6) is 0 Å². The number of hydrogen-bond donors (Lipinski definition) is 0. The van der Waals surface area contributed by atoms with Gasteiger partial charge in [-0.05, 0) is 267 Å². The van der Waals surface area contributed by atoms with Gasteiger partial charge in [-0.2, -0.15) is 0 Å². The van der Waals surface area contributed by atoms with E-state index in [-0.39, 0.29) is 21.7 Å². The Balaban J connectivity index is 0.609. The normalized spacial score (nSPS) is 14.3. The van der Waals surface area contributed by atoms with Gasteiger partial charge in [-0.3, -0.25) is 0 Å². The third kappa shape index (κ3) is 10.7. The fourth-order valence-corrected chi connectivity index (χ4v) is 21.8. The van der Waals surface area contributed by atoms with Crippen molar-refractivity contribution in [1.82, 2.24) is 0 Å². The molecule has 120 heavy (non-hydrogen) atoms. The highest BCUT2D eigenvalue weighted by molar-refractivity contribution is 6.16. The van der Waals surface area contributed by atoms with Gasteiger partial charge in [0.15, 0.2) is 0 Å². The highest BCUT2D eigenvalue weighted by Gasteiger charge is 2.42. The van der Waals surface area contributed by atoms with Crippen LogP contribution in [0.1, 0.15) is 99.9 Å². The van der Waals surface area contributed by atoms with Crippen LogP contribution in [0.4, 0.5) is 34.1 Å². The molecule has 0 spiro atoms. The van der Waals surface area contributed by atoms with E-state index in [0.717, 1.165) is 39.7 Å². The van der Waals surface area contributed by atoms with E-state index in [1.54, 1.807) is 0 Å². The molecule has 19 aromatic rings. The summed E-state index contributed by atoms with van der Waals surface area (Å²) in [5.41, 5.74) is 41.6. The first-order chi connectivity index (χ1) is 58.6.